The van der Waals surface area contributed by atoms with Crippen molar-refractivity contribution in [2.75, 3.05) is 0 Å². The number of carbonyl (C=O) groups is 3. The van der Waals surface area contributed by atoms with Gasteiger partial charge in [-0.2, -0.15) is 0 Å². The maximum Gasteiger partial charge on any atom is 0.252 e. The summed E-state index contributed by atoms with van der Waals surface area (Å²) in [5, 5.41) is 4.50. The summed E-state index contributed by atoms with van der Waals surface area (Å²) in [5.41, 5.74) is 8.00. The van der Waals surface area contributed by atoms with Gasteiger partial charge in [0.2, 0.25) is 5.91 Å². The number of ketones is 1. The van der Waals surface area contributed by atoms with Gasteiger partial charge in [-0.05, 0) is 22.4 Å². The number of benzene rings is 4. The predicted octanol–water partition coefficient (Wildman–Crippen LogP) is 3.90. The third-order valence-corrected chi connectivity index (χ3v) is 5.37. The molecule has 4 aromatic carbocycles. The van der Waals surface area contributed by atoms with E-state index >= 15 is 0 Å². The van der Waals surface area contributed by atoms with E-state index in [4.69, 9.17) is 5.73 Å². The summed E-state index contributed by atoms with van der Waals surface area (Å²) >= 11 is 0. The number of rotatable bonds is 7. The van der Waals surface area contributed by atoms with Crippen LogP contribution in [0.5, 0.6) is 0 Å². The van der Waals surface area contributed by atoms with Gasteiger partial charge in [-0.25, -0.2) is 0 Å². The number of primary amides is 1. The Labute approximate surface area is 185 Å². The fraction of sp³-hybridized carbons (Fsp3) is 0.0741. The summed E-state index contributed by atoms with van der Waals surface area (Å²) in [6.45, 7) is 0. The lowest BCUT2D eigenvalue weighted by atomic mass is 9.99. The van der Waals surface area contributed by atoms with Crippen LogP contribution in [0.4, 0.5) is 0 Å². The summed E-state index contributed by atoms with van der Waals surface area (Å²) in [4.78, 5) is 37.5. The molecule has 0 unspecified atom stereocenters. The van der Waals surface area contributed by atoms with E-state index in [1.165, 1.54) is 0 Å². The van der Waals surface area contributed by atoms with Crippen molar-refractivity contribution in [3.63, 3.8) is 0 Å². The summed E-state index contributed by atoms with van der Waals surface area (Å²) in [6, 6.07) is 28.1. The minimum Gasteiger partial charge on any atom is -0.368 e. The molecule has 0 heterocycles. The predicted molar refractivity (Wildman–Crippen MR) is 124 cm³/mol. The van der Waals surface area contributed by atoms with Crippen LogP contribution in [0.3, 0.4) is 0 Å². The molecule has 0 saturated heterocycles. The Hall–Kier alpha value is -4.25. The summed E-state index contributed by atoms with van der Waals surface area (Å²) < 4.78 is 0. The van der Waals surface area contributed by atoms with Crippen LogP contribution in [0.25, 0.3) is 10.8 Å². The Morgan fingerprint density at radius 2 is 1.34 bits per heavy atom. The molecule has 158 valence electrons. The van der Waals surface area contributed by atoms with Gasteiger partial charge < -0.3 is 11.1 Å². The first-order chi connectivity index (χ1) is 15.5. The van der Waals surface area contributed by atoms with Gasteiger partial charge in [0.25, 0.3) is 5.91 Å². The second-order valence-electron chi connectivity index (χ2n) is 7.55. The van der Waals surface area contributed by atoms with Crippen LogP contribution in [-0.4, -0.2) is 23.6 Å². The van der Waals surface area contributed by atoms with Crippen molar-refractivity contribution in [2.45, 2.75) is 12.5 Å². The lowest BCUT2D eigenvalue weighted by Gasteiger charge is -2.17. The normalized spacial score (nSPS) is 11.6. The van der Waals surface area contributed by atoms with Gasteiger partial charge in [0.1, 0.15) is 6.04 Å². The third kappa shape index (κ3) is 4.57. The molecule has 4 rings (SSSR count). The van der Waals surface area contributed by atoms with Crippen LogP contribution in [0.1, 0.15) is 31.8 Å². The summed E-state index contributed by atoms with van der Waals surface area (Å²) in [6.07, 6.45) is 0.228. The van der Waals surface area contributed by atoms with Gasteiger partial charge in [-0.15, -0.1) is 0 Å². The van der Waals surface area contributed by atoms with Crippen molar-refractivity contribution in [3.05, 3.63) is 119 Å². The monoisotopic (exact) mass is 422 g/mol. The molecular weight excluding hydrogens is 400 g/mol. The zero-order valence-electron chi connectivity index (χ0n) is 17.3. The van der Waals surface area contributed by atoms with E-state index in [2.05, 4.69) is 5.32 Å². The molecular formula is C27H22N2O3. The highest BCUT2D eigenvalue weighted by molar-refractivity contribution is 6.09. The van der Waals surface area contributed by atoms with Crippen molar-refractivity contribution in [1.29, 1.82) is 0 Å². The van der Waals surface area contributed by atoms with Crippen LogP contribution in [0.15, 0.2) is 97.1 Å². The van der Waals surface area contributed by atoms with Gasteiger partial charge in [-0.1, -0.05) is 91.0 Å². The second kappa shape index (κ2) is 9.27. The van der Waals surface area contributed by atoms with E-state index in [1.54, 1.807) is 48.5 Å². The molecule has 0 aliphatic rings. The van der Waals surface area contributed by atoms with E-state index < -0.39 is 11.9 Å². The topological polar surface area (TPSA) is 89.3 Å². The van der Waals surface area contributed by atoms with Crippen LogP contribution < -0.4 is 11.1 Å². The maximum absolute atomic E-state index is 12.9. The molecule has 0 saturated carbocycles. The van der Waals surface area contributed by atoms with Crippen LogP contribution in [-0.2, 0) is 11.2 Å². The van der Waals surface area contributed by atoms with Crippen LogP contribution in [0.2, 0.25) is 0 Å². The van der Waals surface area contributed by atoms with E-state index in [9.17, 15) is 14.4 Å². The van der Waals surface area contributed by atoms with E-state index in [1.807, 2.05) is 48.5 Å². The van der Waals surface area contributed by atoms with Gasteiger partial charge >= 0.3 is 0 Å². The smallest absolute Gasteiger partial charge is 0.252 e. The third-order valence-electron chi connectivity index (χ3n) is 5.37. The molecule has 4 aromatic rings. The molecule has 0 spiro atoms. The van der Waals surface area contributed by atoms with Crippen molar-refractivity contribution < 1.29 is 14.4 Å². The van der Waals surface area contributed by atoms with Crippen molar-refractivity contribution in [1.82, 2.24) is 5.32 Å². The lowest BCUT2D eigenvalue weighted by molar-refractivity contribution is -0.119. The number of hydrogen-bond acceptors (Lipinski definition) is 3. The van der Waals surface area contributed by atoms with E-state index in [0.29, 0.717) is 16.7 Å². The Bertz CT molecular complexity index is 1280. The standard InChI is InChI=1S/C27H22N2O3/c28-26(31)24(29-27(32)23-12-6-10-19-7-4-5-11-22(19)23)17-18-13-15-21(16-14-18)25(30)20-8-2-1-3-9-20/h1-16,24H,17H2,(H2,28,31)(H,29,32)/t24-/m0/s1. The number of nitrogens with two attached hydrogens (primary N) is 1. The molecule has 0 radical (unpaired) electrons. The average molecular weight is 422 g/mol. The molecule has 0 bridgehead atoms. The van der Waals surface area contributed by atoms with Gasteiger partial charge in [0.05, 0.1) is 0 Å². The highest BCUT2D eigenvalue weighted by Crippen LogP contribution is 2.19. The number of carbonyl (C=O) groups excluding carboxylic acids is 3. The first kappa shape index (κ1) is 21.0. The first-order valence-electron chi connectivity index (χ1n) is 10.3. The SMILES string of the molecule is NC(=O)[C@H](Cc1ccc(C(=O)c2ccccc2)cc1)NC(=O)c1cccc2ccccc12. The number of hydrogen-bond donors (Lipinski definition) is 2. The largest absolute Gasteiger partial charge is 0.368 e. The number of amides is 2. The Morgan fingerprint density at radius 1 is 0.719 bits per heavy atom. The fourth-order valence-corrected chi connectivity index (χ4v) is 3.67. The minimum absolute atomic E-state index is 0.0761. The van der Waals surface area contributed by atoms with Gasteiger partial charge in [0, 0.05) is 23.1 Å². The molecule has 5 nitrogen and oxygen atoms in total. The van der Waals surface area contributed by atoms with Gasteiger partial charge in [0.15, 0.2) is 5.78 Å². The zero-order chi connectivity index (χ0) is 22.5. The Kier molecular flexibility index (Phi) is 6.08. The highest BCUT2D eigenvalue weighted by Gasteiger charge is 2.21. The molecule has 5 heteroatoms. The number of nitrogens with one attached hydrogen (secondary N) is 1. The Morgan fingerprint density at radius 3 is 2.06 bits per heavy atom. The van der Waals surface area contributed by atoms with Crippen molar-refractivity contribution >= 4 is 28.4 Å². The fourth-order valence-electron chi connectivity index (χ4n) is 3.67. The quantitative estimate of drug-likeness (QED) is 0.443. The molecule has 0 aromatic heterocycles. The highest BCUT2D eigenvalue weighted by atomic mass is 16.2. The van der Waals surface area contributed by atoms with Crippen molar-refractivity contribution in [2.24, 2.45) is 5.73 Å². The molecule has 0 fully saturated rings. The second-order valence-corrected chi connectivity index (χ2v) is 7.55. The first-order valence-corrected chi connectivity index (χ1v) is 10.3. The summed E-state index contributed by atoms with van der Waals surface area (Å²) in [5.74, 6) is -1.06. The lowest BCUT2D eigenvalue weighted by Crippen LogP contribution is -2.45. The van der Waals surface area contributed by atoms with Gasteiger partial charge in [-0.3, -0.25) is 14.4 Å². The van der Waals surface area contributed by atoms with Crippen LogP contribution in [0, 0.1) is 0 Å². The molecule has 2 amide bonds. The molecule has 0 aliphatic heterocycles. The van der Waals surface area contributed by atoms with E-state index in [-0.39, 0.29) is 18.1 Å². The van der Waals surface area contributed by atoms with E-state index in [0.717, 1.165) is 16.3 Å². The van der Waals surface area contributed by atoms with Crippen molar-refractivity contribution in [3.8, 4) is 0 Å². The summed E-state index contributed by atoms with van der Waals surface area (Å²) in [7, 11) is 0. The average Bonchev–Trinajstić information content (AvgIpc) is 2.83. The molecule has 3 N–H and O–H groups in total. The zero-order valence-corrected chi connectivity index (χ0v) is 17.3. The minimum atomic E-state index is -0.878. The molecule has 32 heavy (non-hydrogen) atoms. The molecule has 0 aliphatic carbocycles. The Balaban J connectivity index is 1.49. The maximum atomic E-state index is 12.9. The molecule has 1 atom stereocenters. The number of fused-ring (bicyclic) bond motifs is 1. The van der Waals surface area contributed by atoms with Crippen LogP contribution >= 0.6 is 0 Å².